The SMILES string of the molecule is CCN(CC)c1ccc(/C=C/c2cccs2)c(OC(C)C)c1. The van der Waals surface area contributed by atoms with Crippen molar-refractivity contribution in [2.24, 2.45) is 0 Å². The molecular weight excluding hydrogens is 290 g/mol. The first-order valence-electron chi connectivity index (χ1n) is 7.91. The molecule has 0 N–H and O–H groups in total. The quantitative estimate of drug-likeness (QED) is 0.664. The lowest BCUT2D eigenvalue weighted by Gasteiger charge is -2.23. The highest BCUT2D eigenvalue weighted by Gasteiger charge is 2.08. The average molecular weight is 315 g/mol. The van der Waals surface area contributed by atoms with Crippen molar-refractivity contribution in [3.63, 3.8) is 0 Å². The van der Waals surface area contributed by atoms with Gasteiger partial charge in [0.2, 0.25) is 0 Å². The Morgan fingerprint density at radius 1 is 1.14 bits per heavy atom. The number of hydrogen-bond acceptors (Lipinski definition) is 3. The van der Waals surface area contributed by atoms with Gasteiger partial charge in [-0.25, -0.2) is 0 Å². The van der Waals surface area contributed by atoms with E-state index in [0.717, 1.165) is 24.4 Å². The minimum Gasteiger partial charge on any atom is -0.490 e. The zero-order valence-electron chi connectivity index (χ0n) is 13.9. The topological polar surface area (TPSA) is 12.5 Å². The molecule has 22 heavy (non-hydrogen) atoms. The molecule has 2 nitrogen and oxygen atoms in total. The molecule has 3 heteroatoms. The summed E-state index contributed by atoms with van der Waals surface area (Å²) in [6, 6.07) is 10.7. The van der Waals surface area contributed by atoms with Crippen molar-refractivity contribution in [1.29, 1.82) is 0 Å². The molecule has 0 amide bonds. The Kier molecular flexibility index (Phi) is 6.08. The summed E-state index contributed by atoms with van der Waals surface area (Å²) in [5.41, 5.74) is 2.34. The summed E-state index contributed by atoms with van der Waals surface area (Å²) in [5, 5.41) is 2.09. The van der Waals surface area contributed by atoms with Crippen molar-refractivity contribution in [3.05, 3.63) is 46.2 Å². The zero-order valence-corrected chi connectivity index (χ0v) is 14.7. The Hall–Kier alpha value is -1.74. The fourth-order valence-corrected chi connectivity index (χ4v) is 2.98. The summed E-state index contributed by atoms with van der Waals surface area (Å²) in [6.45, 7) is 10.5. The van der Waals surface area contributed by atoms with Gasteiger partial charge in [-0.1, -0.05) is 6.07 Å². The molecule has 0 aliphatic rings. The van der Waals surface area contributed by atoms with Crippen LogP contribution in [-0.4, -0.2) is 19.2 Å². The normalized spacial score (nSPS) is 11.3. The van der Waals surface area contributed by atoms with Gasteiger partial charge in [-0.2, -0.15) is 0 Å². The van der Waals surface area contributed by atoms with Crippen molar-refractivity contribution in [3.8, 4) is 5.75 Å². The van der Waals surface area contributed by atoms with Crippen molar-refractivity contribution in [2.45, 2.75) is 33.8 Å². The molecule has 2 rings (SSSR count). The third-order valence-electron chi connectivity index (χ3n) is 3.46. The van der Waals surface area contributed by atoms with Gasteiger partial charge < -0.3 is 9.64 Å². The Bertz CT molecular complexity index is 598. The highest BCUT2D eigenvalue weighted by Crippen LogP contribution is 2.28. The third kappa shape index (κ3) is 4.38. The number of thiophene rings is 1. The molecule has 0 fully saturated rings. The van der Waals surface area contributed by atoms with E-state index >= 15 is 0 Å². The van der Waals surface area contributed by atoms with E-state index in [4.69, 9.17) is 4.74 Å². The first-order valence-corrected chi connectivity index (χ1v) is 8.79. The maximum Gasteiger partial charge on any atom is 0.128 e. The molecule has 0 radical (unpaired) electrons. The van der Waals surface area contributed by atoms with Gasteiger partial charge in [0.15, 0.2) is 0 Å². The molecule has 0 unspecified atom stereocenters. The fraction of sp³-hybridized carbons (Fsp3) is 0.368. The molecule has 0 bridgehead atoms. The second-order valence-corrected chi connectivity index (χ2v) is 6.39. The van der Waals surface area contributed by atoms with Crippen molar-refractivity contribution in [1.82, 2.24) is 0 Å². The van der Waals surface area contributed by atoms with Gasteiger partial charge in [-0.15, -0.1) is 11.3 Å². The molecule has 1 aromatic heterocycles. The van der Waals surface area contributed by atoms with Gasteiger partial charge >= 0.3 is 0 Å². The molecule has 0 saturated carbocycles. The first kappa shape index (κ1) is 16.6. The van der Waals surface area contributed by atoms with E-state index in [1.54, 1.807) is 11.3 Å². The molecule has 0 spiro atoms. The van der Waals surface area contributed by atoms with Gasteiger partial charge in [-0.3, -0.25) is 0 Å². The van der Waals surface area contributed by atoms with Crippen molar-refractivity contribution in [2.75, 3.05) is 18.0 Å². The predicted octanol–water partition coefficient (Wildman–Crippen LogP) is 5.55. The molecule has 0 aliphatic heterocycles. The van der Waals surface area contributed by atoms with Crippen LogP contribution in [0, 0.1) is 0 Å². The zero-order chi connectivity index (χ0) is 15.9. The van der Waals surface area contributed by atoms with E-state index in [1.165, 1.54) is 10.6 Å². The Morgan fingerprint density at radius 2 is 1.91 bits per heavy atom. The number of hydrogen-bond donors (Lipinski definition) is 0. The summed E-state index contributed by atoms with van der Waals surface area (Å²) < 4.78 is 6.02. The van der Waals surface area contributed by atoms with E-state index < -0.39 is 0 Å². The highest BCUT2D eigenvalue weighted by atomic mass is 32.1. The smallest absolute Gasteiger partial charge is 0.128 e. The van der Waals surface area contributed by atoms with Crippen LogP contribution < -0.4 is 9.64 Å². The number of benzene rings is 1. The maximum atomic E-state index is 6.02. The minimum atomic E-state index is 0.167. The summed E-state index contributed by atoms with van der Waals surface area (Å²) >= 11 is 1.74. The Morgan fingerprint density at radius 3 is 2.50 bits per heavy atom. The number of anilines is 1. The molecule has 0 atom stereocenters. The van der Waals surface area contributed by atoms with Gasteiger partial charge in [0, 0.05) is 35.3 Å². The molecule has 1 heterocycles. The minimum absolute atomic E-state index is 0.167. The summed E-state index contributed by atoms with van der Waals surface area (Å²) in [7, 11) is 0. The maximum absolute atomic E-state index is 6.02. The third-order valence-corrected chi connectivity index (χ3v) is 4.30. The molecule has 0 aliphatic carbocycles. The van der Waals surface area contributed by atoms with Crippen LogP contribution in [0.2, 0.25) is 0 Å². The lowest BCUT2D eigenvalue weighted by Crippen LogP contribution is -2.21. The molecule has 118 valence electrons. The van der Waals surface area contributed by atoms with Crippen molar-refractivity contribution >= 4 is 29.2 Å². The van der Waals surface area contributed by atoms with E-state index in [1.807, 2.05) is 0 Å². The van der Waals surface area contributed by atoms with Gasteiger partial charge in [0.1, 0.15) is 5.75 Å². The molecule has 0 saturated heterocycles. The van der Waals surface area contributed by atoms with Crippen LogP contribution in [0.4, 0.5) is 5.69 Å². The summed E-state index contributed by atoms with van der Waals surface area (Å²) in [6.07, 6.45) is 4.45. The highest BCUT2D eigenvalue weighted by molar-refractivity contribution is 7.10. The van der Waals surface area contributed by atoms with E-state index in [9.17, 15) is 0 Å². The van der Waals surface area contributed by atoms with Crippen molar-refractivity contribution < 1.29 is 4.74 Å². The number of rotatable bonds is 7. The second-order valence-electron chi connectivity index (χ2n) is 5.41. The van der Waals surface area contributed by atoms with E-state index in [2.05, 4.69) is 80.5 Å². The summed E-state index contributed by atoms with van der Waals surface area (Å²) in [4.78, 5) is 3.59. The van der Waals surface area contributed by atoms with Crippen LogP contribution >= 0.6 is 11.3 Å². The lowest BCUT2D eigenvalue weighted by atomic mass is 10.1. The van der Waals surface area contributed by atoms with Crippen LogP contribution in [0.15, 0.2) is 35.7 Å². The molecule has 2 aromatic rings. The van der Waals surface area contributed by atoms with Gasteiger partial charge in [0.25, 0.3) is 0 Å². The lowest BCUT2D eigenvalue weighted by molar-refractivity contribution is 0.242. The molecular formula is C19H25NOS. The van der Waals surface area contributed by atoms with Gasteiger partial charge in [-0.05, 0) is 63.4 Å². The Labute approximate surface area is 138 Å². The average Bonchev–Trinajstić information content (AvgIpc) is 3.00. The van der Waals surface area contributed by atoms with E-state index in [0.29, 0.717) is 0 Å². The summed E-state index contributed by atoms with van der Waals surface area (Å²) in [5.74, 6) is 0.951. The monoisotopic (exact) mass is 315 g/mol. The molecule has 1 aromatic carbocycles. The predicted molar refractivity (Wildman–Crippen MR) is 99.0 cm³/mol. The Balaban J connectivity index is 2.31. The largest absolute Gasteiger partial charge is 0.490 e. The number of ether oxygens (including phenoxy) is 1. The van der Waals surface area contributed by atoms with Crippen LogP contribution in [0.3, 0.4) is 0 Å². The second kappa shape index (κ2) is 8.04. The van der Waals surface area contributed by atoms with Crippen LogP contribution in [0.5, 0.6) is 5.75 Å². The standard InChI is InChI=1S/C19H25NOS/c1-5-20(6-2)17-11-9-16(19(14-17)21-15(3)4)10-12-18-8-7-13-22-18/h7-15H,5-6H2,1-4H3/b12-10+. The van der Waals surface area contributed by atoms with Gasteiger partial charge in [0.05, 0.1) is 6.10 Å². The number of nitrogens with zero attached hydrogens (tertiary/aromatic N) is 1. The van der Waals surface area contributed by atoms with E-state index in [-0.39, 0.29) is 6.10 Å². The van der Waals surface area contributed by atoms with Crippen LogP contribution in [0.25, 0.3) is 12.2 Å². The fourth-order valence-electron chi connectivity index (χ4n) is 2.36. The van der Waals surface area contributed by atoms with Crippen LogP contribution in [-0.2, 0) is 0 Å². The van der Waals surface area contributed by atoms with Crippen LogP contribution in [0.1, 0.15) is 38.1 Å². The first-order chi connectivity index (χ1) is 10.6.